The lowest BCUT2D eigenvalue weighted by molar-refractivity contribution is -0.754. The number of carbonyl (C=O) groups is 1. The molecule has 1 atom stereocenters. The summed E-state index contributed by atoms with van der Waals surface area (Å²) in [6.07, 6.45) is 6.76. The molecule has 0 amide bonds. The number of nitrogens with one attached hydrogen (secondary N) is 1. The molecule has 1 N–H and O–H groups in total. The number of fused-ring (bicyclic) bond motifs is 2. The van der Waals surface area contributed by atoms with E-state index in [1.165, 1.54) is 29.6 Å². The maximum atomic E-state index is 13.4. The predicted molar refractivity (Wildman–Crippen MR) is 121 cm³/mol. The van der Waals surface area contributed by atoms with Crippen LogP contribution in [0.4, 0.5) is 4.39 Å². The summed E-state index contributed by atoms with van der Waals surface area (Å²) in [7, 11) is -3.87. The summed E-state index contributed by atoms with van der Waals surface area (Å²) in [6, 6.07) is 6.05. The van der Waals surface area contributed by atoms with E-state index in [9.17, 15) is 17.6 Å². The van der Waals surface area contributed by atoms with Crippen LogP contribution in [0, 0.1) is 11.2 Å². The number of benzene rings is 1. The number of sulfonamides is 1. The van der Waals surface area contributed by atoms with E-state index < -0.39 is 15.4 Å². The van der Waals surface area contributed by atoms with Gasteiger partial charge in [-0.25, -0.2) is 17.5 Å². The molecule has 1 aliphatic heterocycles. The van der Waals surface area contributed by atoms with Crippen molar-refractivity contribution in [2.75, 3.05) is 13.1 Å². The van der Waals surface area contributed by atoms with Crippen molar-refractivity contribution in [1.82, 2.24) is 24.4 Å². The van der Waals surface area contributed by atoms with E-state index in [0.717, 1.165) is 23.3 Å². The van der Waals surface area contributed by atoms with Crippen molar-refractivity contribution in [3.05, 3.63) is 59.3 Å². The third kappa shape index (κ3) is 3.59. The number of halogens is 1. The van der Waals surface area contributed by atoms with Gasteiger partial charge in [0.15, 0.2) is 6.20 Å². The van der Waals surface area contributed by atoms with Crippen LogP contribution in [0.3, 0.4) is 0 Å². The number of nitrogens with zero attached hydrogens (tertiary/aromatic N) is 5. The van der Waals surface area contributed by atoms with Gasteiger partial charge in [-0.05, 0) is 62.1 Å². The van der Waals surface area contributed by atoms with Gasteiger partial charge >= 0.3 is 5.03 Å². The smallest absolute Gasteiger partial charge is 0.299 e. The van der Waals surface area contributed by atoms with Crippen molar-refractivity contribution in [2.24, 2.45) is 5.41 Å². The van der Waals surface area contributed by atoms with Gasteiger partial charge in [0.25, 0.3) is 10.0 Å². The third-order valence-electron chi connectivity index (χ3n) is 6.75. The Balaban J connectivity index is 1.49. The molecule has 11 heteroatoms. The molecule has 3 aromatic rings. The summed E-state index contributed by atoms with van der Waals surface area (Å²) in [6.45, 7) is 4.45. The molecular weight excluding hydrogens is 459 g/mol. The number of aromatic amines is 1. The van der Waals surface area contributed by atoms with Crippen molar-refractivity contribution in [2.45, 2.75) is 44.7 Å². The van der Waals surface area contributed by atoms with Crippen molar-refractivity contribution in [3.63, 3.8) is 0 Å². The summed E-state index contributed by atoms with van der Waals surface area (Å²) in [5, 5.41) is 11.1. The molecule has 0 radical (unpaired) electrons. The van der Waals surface area contributed by atoms with Crippen molar-refractivity contribution in [1.29, 1.82) is 0 Å². The Morgan fingerprint density at radius 2 is 2.06 bits per heavy atom. The van der Waals surface area contributed by atoms with Crippen LogP contribution in [-0.2, 0) is 27.8 Å². The summed E-state index contributed by atoms with van der Waals surface area (Å²) in [5.74, 6) is -0.411. The van der Waals surface area contributed by atoms with E-state index >= 15 is 0 Å². The van der Waals surface area contributed by atoms with Crippen LogP contribution in [0.1, 0.15) is 37.9 Å². The van der Waals surface area contributed by atoms with Crippen LogP contribution >= 0.6 is 0 Å². The largest absolute Gasteiger partial charge is 0.346 e. The van der Waals surface area contributed by atoms with E-state index in [-0.39, 0.29) is 29.7 Å². The zero-order valence-electron chi connectivity index (χ0n) is 19.0. The van der Waals surface area contributed by atoms with Gasteiger partial charge in [-0.2, -0.15) is 14.1 Å². The minimum atomic E-state index is -3.87. The van der Waals surface area contributed by atoms with E-state index in [1.807, 2.05) is 13.0 Å². The number of ketones is 1. The molecule has 0 bridgehead atoms. The highest BCUT2D eigenvalue weighted by atomic mass is 32.2. The number of H-pyrrole nitrogens is 1. The predicted octanol–water partition coefficient (Wildman–Crippen LogP) is 2.04. The molecular formula is C23H26FN6O3S+. The maximum absolute atomic E-state index is 13.4. The van der Waals surface area contributed by atoms with Crippen LogP contribution in [-0.4, -0.2) is 51.7 Å². The first kappa shape index (κ1) is 22.6. The monoisotopic (exact) mass is 485 g/mol. The first-order valence-corrected chi connectivity index (χ1v) is 12.7. The second-order valence-corrected chi connectivity index (χ2v) is 10.8. The molecule has 1 aliphatic carbocycles. The van der Waals surface area contributed by atoms with Crippen LogP contribution < -0.4 is 4.68 Å². The van der Waals surface area contributed by atoms with Crippen molar-refractivity contribution < 1.29 is 22.3 Å². The van der Waals surface area contributed by atoms with Crippen LogP contribution in [0.25, 0.3) is 11.8 Å². The molecule has 5 rings (SSSR count). The highest BCUT2D eigenvalue weighted by Gasteiger charge is 2.50. The number of aryl methyl sites for hydroxylation is 1. The van der Waals surface area contributed by atoms with E-state index in [0.29, 0.717) is 25.1 Å². The minimum Gasteiger partial charge on any atom is -0.299 e. The summed E-state index contributed by atoms with van der Waals surface area (Å²) < 4.78 is 44.8. The number of rotatable bonds is 6. The van der Waals surface area contributed by atoms with Gasteiger partial charge < -0.3 is 0 Å². The van der Waals surface area contributed by atoms with Gasteiger partial charge in [0.05, 0.1) is 28.1 Å². The van der Waals surface area contributed by atoms with Gasteiger partial charge in [0.1, 0.15) is 18.1 Å². The maximum Gasteiger partial charge on any atom is 0.346 e. The molecule has 178 valence electrons. The van der Waals surface area contributed by atoms with Crippen LogP contribution in [0.5, 0.6) is 0 Å². The van der Waals surface area contributed by atoms with Gasteiger partial charge in [-0.15, -0.1) is 0 Å². The third-order valence-corrected chi connectivity index (χ3v) is 8.47. The first-order chi connectivity index (χ1) is 16.2. The SMILES string of the molecule is CCC[n+]1cc(S(=O)(=O)N2CCC3=Cc4c(cnn4-c4ccc(F)cc4)C[C@]3(C(C)=O)C2)n[nH]1. The van der Waals surface area contributed by atoms with E-state index in [4.69, 9.17) is 0 Å². The van der Waals surface area contributed by atoms with Gasteiger partial charge in [0.2, 0.25) is 0 Å². The molecule has 1 saturated heterocycles. The second-order valence-electron chi connectivity index (χ2n) is 8.89. The Morgan fingerprint density at radius 3 is 2.76 bits per heavy atom. The summed E-state index contributed by atoms with van der Waals surface area (Å²) in [5.41, 5.74) is 2.34. The molecule has 3 heterocycles. The summed E-state index contributed by atoms with van der Waals surface area (Å²) >= 11 is 0. The highest BCUT2D eigenvalue weighted by molar-refractivity contribution is 7.89. The fourth-order valence-electron chi connectivity index (χ4n) is 4.89. The van der Waals surface area contributed by atoms with Gasteiger partial charge in [-0.3, -0.25) is 4.79 Å². The fourth-order valence-corrected chi connectivity index (χ4v) is 6.29. The fraction of sp³-hybridized carbons (Fsp3) is 0.391. The molecule has 9 nitrogen and oxygen atoms in total. The Morgan fingerprint density at radius 1 is 1.29 bits per heavy atom. The molecule has 0 spiro atoms. The number of hydrogen-bond donors (Lipinski definition) is 1. The number of aromatic nitrogens is 5. The molecule has 0 saturated carbocycles. The average Bonchev–Trinajstić information content (AvgIpc) is 3.45. The number of hydrogen-bond acceptors (Lipinski definition) is 5. The normalized spacial score (nSPS) is 20.5. The topological polar surface area (TPSA) is 105 Å². The number of piperidine rings is 1. The van der Waals surface area contributed by atoms with Crippen LogP contribution in [0.15, 0.2) is 47.3 Å². The second kappa shape index (κ2) is 8.24. The first-order valence-electron chi connectivity index (χ1n) is 11.2. The lowest BCUT2D eigenvalue weighted by atomic mass is 9.66. The molecule has 0 unspecified atom stereocenters. The Labute approximate surface area is 196 Å². The van der Waals surface area contributed by atoms with Crippen LogP contribution in [0.2, 0.25) is 0 Å². The lowest BCUT2D eigenvalue weighted by Crippen LogP contribution is -2.52. The average molecular weight is 486 g/mol. The van der Waals surface area contributed by atoms with E-state index in [1.54, 1.807) is 27.7 Å². The zero-order chi connectivity index (χ0) is 24.1. The molecule has 1 fully saturated rings. The Bertz CT molecular complexity index is 1390. The molecule has 1 aromatic carbocycles. The van der Waals surface area contributed by atoms with Gasteiger partial charge in [-0.1, -0.05) is 17.7 Å². The number of carbonyl (C=O) groups excluding carboxylic acids is 1. The highest BCUT2D eigenvalue weighted by Crippen LogP contribution is 2.45. The Kier molecular flexibility index (Phi) is 5.48. The Hall–Kier alpha value is -3.18. The van der Waals surface area contributed by atoms with Gasteiger partial charge in [0, 0.05) is 13.1 Å². The lowest BCUT2D eigenvalue weighted by Gasteiger charge is -2.43. The minimum absolute atomic E-state index is 0.0484. The standard InChI is InChI=1S/C23H25FN6O3S/c1-3-9-28-14-22(26-27-28)34(32,33)29-10-8-18-11-21-17(12-23(18,15-29)16(2)31)13-25-30(21)20-6-4-19(24)5-7-20/h4-7,11,13-14H,3,8-10,12,15H2,1-2H3/p+1/t23-/m1/s1. The van der Waals surface area contributed by atoms with Crippen molar-refractivity contribution >= 4 is 21.9 Å². The molecule has 34 heavy (non-hydrogen) atoms. The zero-order valence-corrected chi connectivity index (χ0v) is 19.8. The molecule has 2 aromatic heterocycles. The number of Topliss-reactive ketones (excluding diaryl/α,β-unsaturated/α-hetero) is 1. The quantitative estimate of drug-likeness (QED) is 0.538. The van der Waals surface area contributed by atoms with E-state index in [2.05, 4.69) is 15.4 Å². The van der Waals surface area contributed by atoms with Crippen molar-refractivity contribution in [3.8, 4) is 5.69 Å². The molecule has 2 aliphatic rings. The summed E-state index contributed by atoms with van der Waals surface area (Å²) in [4.78, 5) is 13.0.